The first kappa shape index (κ1) is 24.3. The molecule has 8 nitrogen and oxygen atoms in total. The van der Waals surface area contributed by atoms with E-state index in [1.807, 2.05) is 24.3 Å². The number of anilines is 2. The van der Waals surface area contributed by atoms with E-state index in [1.165, 1.54) is 24.3 Å². The molecule has 8 heteroatoms. The molecule has 0 aromatic heterocycles. The second-order valence-electron chi connectivity index (χ2n) is 7.21. The molecule has 0 saturated heterocycles. The van der Waals surface area contributed by atoms with Crippen LogP contribution in [0, 0.1) is 0 Å². The van der Waals surface area contributed by atoms with E-state index in [4.69, 9.17) is 14.2 Å². The summed E-state index contributed by atoms with van der Waals surface area (Å²) in [6, 6.07) is 20.6. The van der Waals surface area contributed by atoms with Crippen molar-refractivity contribution in [1.29, 1.82) is 0 Å². The van der Waals surface area contributed by atoms with Crippen molar-refractivity contribution in [2.75, 3.05) is 24.4 Å². The standard InChI is InChI=1S/C26H26N2O6/c1-3-33-26(31)34-20-14-12-19(13-15-20)25(30)28-23-10-5-4-9-22(23)27-24(29)16-11-18-7-6-8-21(17-18)32-2/h4-10,12-15,17H,3,11,16H2,1-2H3,(H,27,29)(H,28,30). The Balaban J connectivity index is 1.59. The van der Waals surface area contributed by atoms with E-state index in [-0.39, 0.29) is 30.6 Å². The predicted octanol–water partition coefficient (Wildman–Crippen LogP) is 5.05. The van der Waals surface area contributed by atoms with E-state index in [2.05, 4.69) is 10.6 Å². The summed E-state index contributed by atoms with van der Waals surface area (Å²) in [7, 11) is 1.60. The molecule has 0 radical (unpaired) electrons. The summed E-state index contributed by atoms with van der Waals surface area (Å²) in [5.41, 5.74) is 2.31. The second-order valence-corrected chi connectivity index (χ2v) is 7.21. The molecule has 0 bridgehead atoms. The molecular formula is C26H26N2O6. The van der Waals surface area contributed by atoms with Gasteiger partial charge in [-0.05, 0) is 67.4 Å². The average molecular weight is 463 g/mol. The van der Waals surface area contributed by atoms with Crippen molar-refractivity contribution >= 4 is 29.3 Å². The maximum absolute atomic E-state index is 12.7. The van der Waals surface area contributed by atoms with Gasteiger partial charge in [-0.3, -0.25) is 9.59 Å². The van der Waals surface area contributed by atoms with E-state index in [1.54, 1.807) is 38.3 Å². The third-order valence-corrected chi connectivity index (χ3v) is 4.80. The number of carbonyl (C=O) groups excluding carboxylic acids is 3. The van der Waals surface area contributed by atoms with Crippen LogP contribution in [0.5, 0.6) is 11.5 Å². The highest BCUT2D eigenvalue weighted by Gasteiger charge is 2.12. The molecule has 3 rings (SSSR count). The summed E-state index contributed by atoms with van der Waals surface area (Å²) < 4.78 is 14.9. The fourth-order valence-corrected chi connectivity index (χ4v) is 3.11. The van der Waals surface area contributed by atoms with E-state index in [9.17, 15) is 14.4 Å². The second kappa shape index (κ2) is 12.1. The molecule has 2 N–H and O–H groups in total. The summed E-state index contributed by atoms with van der Waals surface area (Å²) in [6.07, 6.45) is 0.0191. The number of amides is 2. The van der Waals surface area contributed by atoms with Gasteiger partial charge < -0.3 is 24.8 Å². The van der Waals surface area contributed by atoms with E-state index < -0.39 is 6.16 Å². The zero-order valence-corrected chi connectivity index (χ0v) is 19.0. The zero-order valence-electron chi connectivity index (χ0n) is 19.0. The smallest absolute Gasteiger partial charge is 0.497 e. The molecule has 0 aliphatic heterocycles. The van der Waals surface area contributed by atoms with Crippen LogP contribution >= 0.6 is 0 Å². The van der Waals surface area contributed by atoms with Gasteiger partial charge in [0.05, 0.1) is 25.1 Å². The van der Waals surface area contributed by atoms with Gasteiger partial charge in [0.1, 0.15) is 11.5 Å². The molecule has 0 unspecified atom stereocenters. The number of benzene rings is 3. The summed E-state index contributed by atoms with van der Waals surface area (Å²) >= 11 is 0. The van der Waals surface area contributed by atoms with Crippen molar-refractivity contribution in [3.63, 3.8) is 0 Å². The fraction of sp³-hybridized carbons (Fsp3) is 0.192. The Morgan fingerprint density at radius 3 is 2.21 bits per heavy atom. The van der Waals surface area contributed by atoms with Crippen LogP contribution in [0.1, 0.15) is 29.3 Å². The molecule has 3 aromatic carbocycles. The fourth-order valence-electron chi connectivity index (χ4n) is 3.11. The average Bonchev–Trinajstić information content (AvgIpc) is 2.84. The monoisotopic (exact) mass is 462 g/mol. The molecule has 0 atom stereocenters. The normalized spacial score (nSPS) is 10.2. The Hall–Kier alpha value is -4.33. The van der Waals surface area contributed by atoms with Crippen LogP contribution < -0.4 is 20.1 Å². The molecule has 0 spiro atoms. The lowest BCUT2D eigenvalue weighted by Gasteiger charge is -2.13. The van der Waals surface area contributed by atoms with Crippen LogP contribution in [0.25, 0.3) is 0 Å². The molecular weight excluding hydrogens is 436 g/mol. The lowest BCUT2D eigenvalue weighted by Crippen LogP contribution is -2.17. The van der Waals surface area contributed by atoms with Gasteiger partial charge in [-0.2, -0.15) is 0 Å². The maximum atomic E-state index is 12.7. The Morgan fingerprint density at radius 2 is 1.53 bits per heavy atom. The summed E-state index contributed by atoms with van der Waals surface area (Å²) in [6.45, 7) is 1.88. The van der Waals surface area contributed by atoms with Crippen LogP contribution in [0.4, 0.5) is 16.2 Å². The number of ether oxygens (including phenoxy) is 3. The molecule has 0 aliphatic carbocycles. The van der Waals surface area contributed by atoms with Crippen molar-refractivity contribution < 1.29 is 28.6 Å². The highest BCUT2D eigenvalue weighted by Crippen LogP contribution is 2.23. The van der Waals surface area contributed by atoms with Crippen molar-refractivity contribution in [2.24, 2.45) is 0 Å². The lowest BCUT2D eigenvalue weighted by atomic mass is 10.1. The minimum atomic E-state index is -0.809. The summed E-state index contributed by atoms with van der Waals surface area (Å²) in [5.74, 6) is 0.455. The zero-order chi connectivity index (χ0) is 24.3. The number of hydrogen-bond donors (Lipinski definition) is 2. The highest BCUT2D eigenvalue weighted by atomic mass is 16.7. The molecule has 0 aliphatic rings. The molecule has 2 amide bonds. The molecule has 34 heavy (non-hydrogen) atoms. The first-order chi connectivity index (χ1) is 16.5. The van der Waals surface area contributed by atoms with Crippen LogP contribution in [-0.2, 0) is 16.0 Å². The van der Waals surface area contributed by atoms with Crippen LogP contribution in [0.2, 0.25) is 0 Å². The number of aryl methyl sites for hydroxylation is 1. The quantitative estimate of drug-likeness (QED) is 0.341. The minimum Gasteiger partial charge on any atom is -0.497 e. The predicted molar refractivity (Wildman–Crippen MR) is 128 cm³/mol. The van der Waals surface area contributed by atoms with E-state index in [0.717, 1.165) is 11.3 Å². The number of hydrogen-bond acceptors (Lipinski definition) is 6. The SMILES string of the molecule is CCOC(=O)Oc1ccc(C(=O)Nc2ccccc2NC(=O)CCc2cccc(OC)c2)cc1. The summed E-state index contributed by atoms with van der Waals surface area (Å²) in [5, 5.41) is 5.65. The number of rotatable bonds is 9. The Morgan fingerprint density at radius 1 is 0.824 bits per heavy atom. The van der Waals surface area contributed by atoms with Crippen LogP contribution in [-0.4, -0.2) is 31.7 Å². The van der Waals surface area contributed by atoms with Crippen molar-refractivity contribution in [2.45, 2.75) is 19.8 Å². The van der Waals surface area contributed by atoms with E-state index >= 15 is 0 Å². The number of para-hydroxylation sites is 2. The molecule has 0 fully saturated rings. The topological polar surface area (TPSA) is 103 Å². The number of carbonyl (C=O) groups is 3. The third-order valence-electron chi connectivity index (χ3n) is 4.80. The van der Waals surface area contributed by atoms with Gasteiger partial charge in [-0.15, -0.1) is 0 Å². The first-order valence-electron chi connectivity index (χ1n) is 10.8. The van der Waals surface area contributed by atoms with Gasteiger partial charge in [0.15, 0.2) is 0 Å². The third kappa shape index (κ3) is 7.09. The number of nitrogens with one attached hydrogen (secondary N) is 2. The maximum Gasteiger partial charge on any atom is 0.513 e. The highest BCUT2D eigenvalue weighted by molar-refractivity contribution is 6.07. The van der Waals surface area contributed by atoms with Crippen LogP contribution in [0.3, 0.4) is 0 Å². The minimum absolute atomic E-state index is 0.176. The molecule has 0 heterocycles. The van der Waals surface area contributed by atoms with Crippen molar-refractivity contribution in [1.82, 2.24) is 0 Å². The number of methoxy groups -OCH3 is 1. The van der Waals surface area contributed by atoms with E-state index in [0.29, 0.717) is 23.4 Å². The van der Waals surface area contributed by atoms with Crippen LogP contribution in [0.15, 0.2) is 72.8 Å². The largest absolute Gasteiger partial charge is 0.513 e. The van der Waals surface area contributed by atoms with Gasteiger partial charge in [-0.25, -0.2) is 4.79 Å². The van der Waals surface area contributed by atoms with Crippen molar-refractivity contribution in [3.8, 4) is 11.5 Å². The lowest BCUT2D eigenvalue weighted by molar-refractivity contribution is -0.116. The van der Waals surface area contributed by atoms with Gasteiger partial charge >= 0.3 is 6.16 Å². The molecule has 0 saturated carbocycles. The summed E-state index contributed by atoms with van der Waals surface area (Å²) in [4.78, 5) is 36.6. The molecule has 3 aromatic rings. The Kier molecular flexibility index (Phi) is 8.62. The van der Waals surface area contributed by atoms with Gasteiger partial charge in [-0.1, -0.05) is 24.3 Å². The Bertz CT molecular complexity index is 1140. The van der Waals surface area contributed by atoms with Crippen molar-refractivity contribution in [3.05, 3.63) is 83.9 Å². The first-order valence-corrected chi connectivity index (χ1v) is 10.8. The van der Waals surface area contributed by atoms with Gasteiger partial charge in [0, 0.05) is 12.0 Å². The molecule has 176 valence electrons. The van der Waals surface area contributed by atoms with Gasteiger partial charge in [0.25, 0.3) is 5.91 Å². The Labute approximate surface area is 197 Å². The van der Waals surface area contributed by atoms with Gasteiger partial charge in [0.2, 0.25) is 5.91 Å².